The number of carbonyl (C=O) groups is 1. The second-order valence-electron chi connectivity index (χ2n) is 4.96. The first kappa shape index (κ1) is 13.8. The largest absolute Gasteiger partial charge is 0.348 e. The second-order valence-corrected chi connectivity index (χ2v) is 4.96. The summed E-state index contributed by atoms with van der Waals surface area (Å²) >= 11 is 0. The van der Waals surface area contributed by atoms with Crippen LogP contribution in [-0.4, -0.2) is 41.5 Å². The number of nitrogens with two attached hydrogens (primary N) is 1. The van der Waals surface area contributed by atoms with Gasteiger partial charge in [-0.2, -0.15) is 0 Å². The molecule has 1 atom stereocenters. The molecule has 1 aliphatic rings. The molecule has 1 fully saturated rings. The van der Waals surface area contributed by atoms with Crippen molar-refractivity contribution < 1.29 is 4.79 Å². The number of nitrogens with zero attached hydrogens (tertiary/aromatic N) is 2. The first-order valence-corrected chi connectivity index (χ1v) is 6.65. The zero-order valence-corrected chi connectivity index (χ0v) is 11.2. The minimum absolute atomic E-state index is 0.0920. The average Bonchev–Trinajstić information content (AvgIpc) is 2.91. The minimum Gasteiger partial charge on any atom is -0.348 e. The molecule has 0 bridgehead atoms. The molecular formula is C13H21N5O. The smallest absolute Gasteiger partial charge is 0.251 e. The maximum absolute atomic E-state index is 12.1. The lowest BCUT2D eigenvalue weighted by molar-refractivity contribution is 0.0932. The summed E-state index contributed by atoms with van der Waals surface area (Å²) in [7, 11) is 0. The highest BCUT2D eigenvalue weighted by atomic mass is 16.1. The summed E-state index contributed by atoms with van der Waals surface area (Å²) in [6, 6.07) is 3.45. The van der Waals surface area contributed by atoms with E-state index in [-0.39, 0.29) is 11.9 Å². The number of rotatable bonds is 5. The Hall–Kier alpha value is -1.66. The lowest BCUT2D eigenvalue weighted by atomic mass is 10.2. The van der Waals surface area contributed by atoms with E-state index in [1.54, 1.807) is 18.3 Å². The van der Waals surface area contributed by atoms with E-state index in [1.807, 2.05) is 6.92 Å². The van der Waals surface area contributed by atoms with Crippen molar-refractivity contribution in [2.24, 2.45) is 5.84 Å². The molecule has 1 unspecified atom stereocenters. The van der Waals surface area contributed by atoms with Gasteiger partial charge in [-0.25, -0.2) is 10.8 Å². The third-order valence-electron chi connectivity index (χ3n) is 3.28. The zero-order valence-electron chi connectivity index (χ0n) is 11.2. The monoisotopic (exact) mass is 263 g/mol. The summed E-state index contributed by atoms with van der Waals surface area (Å²) in [5.74, 6) is 5.67. The Morgan fingerprint density at radius 2 is 2.26 bits per heavy atom. The van der Waals surface area contributed by atoms with Crippen LogP contribution in [-0.2, 0) is 0 Å². The van der Waals surface area contributed by atoms with Gasteiger partial charge in [-0.05, 0) is 45.0 Å². The van der Waals surface area contributed by atoms with Crippen molar-refractivity contribution in [3.63, 3.8) is 0 Å². The maximum atomic E-state index is 12.1. The summed E-state index contributed by atoms with van der Waals surface area (Å²) in [6.45, 7) is 5.20. The maximum Gasteiger partial charge on any atom is 0.251 e. The molecule has 6 nitrogen and oxygen atoms in total. The first-order valence-electron chi connectivity index (χ1n) is 6.65. The normalized spacial score (nSPS) is 17.2. The fourth-order valence-electron chi connectivity index (χ4n) is 2.36. The van der Waals surface area contributed by atoms with Gasteiger partial charge in [-0.3, -0.25) is 4.79 Å². The zero-order chi connectivity index (χ0) is 13.7. The fourth-order valence-corrected chi connectivity index (χ4v) is 2.36. The van der Waals surface area contributed by atoms with Crippen LogP contribution in [0.3, 0.4) is 0 Å². The van der Waals surface area contributed by atoms with Crippen LogP contribution in [0.4, 0.5) is 5.82 Å². The van der Waals surface area contributed by atoms with E-state index in [0.717, 1.165) is 19.6 Å². The molecule has 0 radical (unpaired) electrons. The van der Waals surface area contributed by atoms with Crippen LogP contribution in [0.25, 0.3) is 0 Å². The van der Waals surface area contributed by atoms with Crippen molar-refractivity contribution in [3.05, 3.63) is 23.9 Å². The molecule has 0 saturated carbocycles. The third kappa shape index (κ3) is 3.90. The highest BCUT2D eigenvalue weighted by Gasteiger charge is 2.16. The highest BCUT2D eigenvalue weighted by molar-refractivity contribution is 5.94. The van der Waals surface area contributed by atoms with Crippen LogP contribution in [0.5, 0.6) is 0 Å². The number of amides is 1. The van der Waals surface area contributed by atoms with Crippen LogP contribution >= 0.6 is 0 Å². The standard InChI is InChI=1S/C13H21N5O/c1-10(9-18-6-2-3-7-18)16-13(19)11-4-5-15-12(8-11)17-14/h4-5,8,10H,2-3,6-7,9,14H2,1H3,(H,15,17)(H,16,19). The van der Waals surface area contributed by atoms with Crippen molar-refractivity contribution in [3.8, 4) is 0 Å². The van der Waals surface area contributed by atoms with Crippen molar-refractivity contribution in [2.75, 3.05) is 25.1 Å². The molecule has 6 heteroatoms. The van der Waals surface area contributed by atoms with Gasteiger partial charge in [0, 0.05) is 24.3 Å². The lowest BCUT2D eigenvalue weighted by Crippen LogP contribution is -2.41. The van der Waals surface area contributed by atoms with E-state index in [1.165, 1.54) is 12.8 Å². The molecule has 1 aromatic heterocycles. The van der Waals surface area contributed by atoms with Gasteiger partial charge >= 0.3 is 0 Å². The molecule has 1 aromatic rings. The number of hydrogen-bond donors (Lipinski definition) is 3. The molecule has 1 amide bonds. The quantitative estimate of drug-likeness (QED) is 0.535. The van der Waals surface area contributed by atoms with Crippen molar-refractivity contribution in [2.45, 2.75) is 25.8 Å². The van der Waals surface area contributed by atoms with E-state index in [2.05, 4.69) is 20.6 Å². The van der Waals surface area contributed by atoms with Gasteiger partial charge in [0.25, 0.3) is 5.91 Å². The predicted molar refractivity (Wildman–Crippen MR) is 74.6 cm³/mol. The molecule has 0 aromatic carbocycles. The molecule has 19 heavy (non-hydrogen) atoms. The number of nitrogens with one attached hydrogen (secondary N) is 2. The van der Waals surface area contributed by atoms with Crippen LogP contribution in [0.1, 0.15) is 30.1 Å². The number of hydrogen-bond acceptors (Lipinski definition) is 5. The van der Waals surface area contributed by atoms with Gasteiger partial charge in [-0.15, -0.1) is 0 Å². The summed E-state index contributed by atoms with van der Waals surface area (Å²) in [6.07, 6.45) is 4.09. The second kappa shape index (κ2) is 6.49. The number of aromatic nitrogens is 1. The van der Waals surface area contributed by atoms with E-state index < -0.39 is 0 Å². The van der Waals surface area contributed by atoms with E-state index in [0.29, 0.717) is 11.4 Å². The number of nitrogen functional groups attached to an aromatic ring is 1. The topological polar surface area (TPSA) is 83.3 Å². The minimum atomic E-state index is -0.0920. The lowest BCUT2D eigenvalue weighted by Gasteiger charge is -2.21. The molecule has 1 saturated heterocycles. The van der Waals surface area contributed by atoms with E-state index >= 15 is 0 Å². The van der Waals surface area contributed by atoms with Crippen LogP contribution in [0.2, 0.25) is 0 Å². The van der Waals surface area contributed by atoms with Gasteiger partial charge in [0.05, 0.1) is 0 Å². The van der Waals surface area contributed by atoms with Gasteiger partial charge in [0.15, 0.2) is 0 Å². The molecule has 0 aliphatic carbocycles. The van der Waals surface area contributed by atoms with Crippen LogP contribution in [0.15, 0.2) is 18.3 Å². The number of carbonyl (C=O) groups excluding carboxylic acids is 1. The average molecular weight is 263 g/mol. The predicted octanol–water partition coefficient (Wildman–Crippen LogP) is 0.581. The Morgan fingerprint density at radius 1 is 1.53 bits per heavy atom. The van der Waals surface area contributed by atoms with Gasteiger partial charge in [0.1, 0.15) is 5.82 Å². The Bertz CT molecular complexity index is 431. The first-order chi connectivity index (χ1) is 9.19. The van der Waals surface area contributed by atoms with Crippen molar-refractivity contribution >= 4 is 11.7 Å². The molecule has 2 rings (SSSR count). The molecule has 0 spiro atoms. The fraction of sp³-hybridized carbons (Fsp3) is 0.538. The Kier molecular flexibility index (Phi) is 4.70. The Morgan fingerprint density at radius 3 is 2.95 bits per heavy atom. The Balaban J connectivity index is 1.88. The summed E-state index contributed by atoms with van der Waals surface area (Å²) in [5, 5.41) is 3.00. The Labute approximate surface area is 113 Å². The molecular weight excluding hydrogens is 242 g/mol. The SMILES string of the molecule is CC(CN1CCCC1)NC(=O)c1ccnc(NN)c1. The van der Waals surface area contributed by atoms with Crippen molar-refractivity contribution in [1.29, 1.82) is 0 Å². The van der Waals surface area contributed by atoms with Gasteiger partial charge in [0.2, 0.25) is 0 Å². The molecule has 1 aliphatic heterocycles. The summed E-state index contributed by atoms with van der Waals surface area (Å²) in [4.78, 5) is 18.4. The number of anilines is 1. The summed E-state index contributed by atoms with van der Waals surface area (Å²) < 4.78 is 0. The molecule has 4 N–H and O–H groups in total. The number of hydrazine groups is 1. The van der Waals surface area contributed by atoms with Gasteiger partial charge < -0.3 is 15.6 Å². The number of likely N-dealkylation sites (tertiary alicyclic amines) is 1. The third-order valence-corrected chi connectivity index (χ3v) is 3.28. The van der Waals surface area contributed by atoms with E-state index in [9.17, 15) is 4.79 Å². The van der Waals surface area contributed by atoms with Crippen LogP contribution < -0.4 is 16.6 Å². The number of pyridine rings is 1. The van der Waals surface area contributed by atoms with E-state index in [4.69, 9.17) is 5.84 Å². The highest BCUT2D eigenvalue weighted by Crippen LogP contribution is 2.09. The molecule has 2 heterocycles. The molecule has 104 valence electrons. The van der Waals surface area contributed by atoms with Crippen LogP contribution in [0, 0.1) is 0 Å². The summed E-state index contributed by atoms with van der Waals surface area (Å²) in [5.41, 5.74) is 3.00. The van der Waals surface area contributed by atoms with Crippen molar-refractivity contribution in [1.82, 2.24) is 15.2 Å². The van der Waals surface area contributed by atoms with Gasteiger partial charge in [-0.1, -0.05) is 0 Å².